The number of aromatic carboxylic acids is 1. The van der Waals surface area contributed by atoms with Crippen LogP contribution in [0.3, 0.4) is 0 Å². The van der Waals surface area contributed by atoms with Crippen LogP contribution in [-0.2, 0) is 89.0 Å². The van der Waals surface area contributed by atoms with Crippen molar-refractivity contribution in [1.82, 2.24) is 51.5 Å². The standard InChI is InChI=1S/2C33H40N4O3S.C32H37N3O2.CH5NO2S/c2*1-41(39,40)34-33(38)24-14-15-27-29(20-24)37-19-9-18-36-22-25(21-35-16-6-3-7-17-35)26-12-8-13-28(31(26)36)32(37)30(27)23-10-4-2-5-11-23;36-32(37)23-13-14-26-28(19-23)35-18-8-17-34-21-24(20-33-15-5-2-6-16-33)25-11-7-12-27(30(25)34)31(35)29(26)22-9-3-1-4-10-22;1-5(2,3)4/h2*8,12-15,20,22-23H,2-7,9-11,16-19,21H2,1H3,(H,34,38);7,11-14,19,21-22H,1-6,8-10,15-18,20H2,(H,36,37);1H3,(H2,2,3,4). The molecule has 3 saturated carbocycles. The van der Waals surface area contributed by atoms with Gasteiger partial charge >= 0.3 is 5.97 Å². The molecular formula is C99H122N12O10S3. The van der Waals surface area contributed by atoms with Crippen LogP contribution in [0.1, 0.15) is 256 Å². The average molecular weight is 1740 g/mol. The number of fused-ring (bicyclic) bond motifs is 12. The van der Waals surface area contributed by atoms with Gasteiger partial charge in [0.05, 0.1) is 58.0 Å². The second kappa shape index (κ2) is 36.2. The number of primary sulfonamides is 1. The first-order chi connectivity index (χ1) is 59.9. The number of sulfonamides is 3. The van der Waals surface area contributed by atoms with Gasteiger partial charge in [0.1, 0.15) is 0 Å². The van der Waals surface area contributed by atoms with Crippen molar-refractivity contribution in [3.05, 3.63) is 178 Å². The summed E-state index contributed by atoms with van der Waals surface area (Å²) in [6.45, 7) is 15.7. The van der Waals surface area contributed by atoms with Gasteiger partial charge in [0.2, 0.25) is 30.1 Å². The fourth-order valence-corrected chi connectivity index (χ4v) is 23.9. The Labute approximate surface area is 729 Å². The Morgan fingerprint density at radius 1 is 0.347 bits per heavy atom. The average Bonchev–Trinajstić information content (AvgIpc) is 1.58. The monoisotopic (exact) mass is 1730 g/mol. The lowest BCUT2D eigenvalue weighted by Crippen LogP contribution is -2.29. The molecule has 6 aliphatic heterocycles. The number of carbonyl (C=O) groups excluding carboxylic acids is 2. The molecule has 6 fully saturated rings. The summed E-state index contributed by atoms with van der Waals surface area (Å²) in [6, 6.07) is 37.9. The predicted octanol–water partition coefficient (Wildman–Crippen LogP) is 19.1. The molecule has 25 heteroatoms. The van der Waals surface area contributed by atoms with Crippen LogP contribution in [0.5, 0.6) is 0 Å². The molecule has 12 aromatic rings. The van der Waals surface area contributed by atoms with Crippen LogP contribution >= 0.6 is 0 Å². The van der Waals surface area contributed by atoms with Crippen LogP contribution in [-0.4, -0.2) is 148 Å². The predicted molar refractivity (Wildman–Crippen MR) is 498 cm³/mol. The van der Waals surface area contributed by atoms with Gasteiger partial charge in [0.25, 0.3) is 11.8 Å². The van der Waals surface area contributed by atoms with Crippen molar-refractivity contribution in [2.45, 2.75) is 250 Å². The Morgan fingerprint density at radius 2 is 0.621 bits per heavy atom. The van der Waals surface area contributed by atoms with E-state index in [4.69, 9.17) is 0 Å². The maximum atomic E-state index is 12.9. The molecule has 0 spiro atoms. The molecule has 2 amide bonds. The van der Waals surface area contributed by atoms with Gasteiger partial charge in [0, 0.05) is 154 Å². The lowest BCUT2D eigenvalue weighted by molar-refractivity contribution is 0.0696. The number of aryl methyl sites for hydroxylation is 6. The van der Waals surface area contributed by atoms with Crippen LogP contribution in [0.2, 0.25) is 0 Å². The van der Waals surface area contributed by atoms with E-state index in [1.54, 1.807) is 12.1 Å². The third kappa shape index (κ3) is 18.0. The zero-order chi connectivity index (χ0) is 85.7. The van der Waals surface area contributed by atoms with Gasteiger partial charge < -0.3 is 32.5 Å². The highest BCUT2D eigenvalue weighted by molar-refractivity contribution is 7.89. The minimum Gasteiger partial charge on any atom is -0.478 e. The number of hydrogen-bond donors (Lipinski definition) is 4. The van der Waals surface area contributed by atoms with Gasteiger partial charge in [-0.1, -0.05) is 150 Å². The van der Waals surface area contributed by atoms with Crippen LogP contribution < -0.4 is 14.6 Å². The number of amides is 2. The Bertz CT molecular complexity index is 6160. The van der Waals surface area contributed by atoms with E-state index in [0.29, 0.717) is 34.4 Å². The first kappa shape index (κ1) is 85.5. The fraction of sp³-hybridized carbons (Fsp3) is 0.485. The van der Waals surface area contributed by atoms with Gasteiger partial charge in [-0.15, -0.1) is 0 Å². The number of benzene rings is 6. The molecule has 3 aliphatic carbocycles. The molecule has 21 rings (SSSR count). The van der Waals surface area contributed by atoms with Crippen molar-refractivity contribution in [2.75, 3.05) is 58.0 Å². The molecule has 656 valence electrons. The number of hydrogen-bond acceptors (Lipinski definition) is 12. The van der Waals surface area contributed by atoms with Gasteiger partial charge in [-0.3, -0.25) is 24.3 Å². The van der Waals surface area contributed by atoms with E-state index in [0.717, 1.165) is 113 Å². The van der Waals surface area contributed by atoms with E-state index in [9.17, 15) is 44.7 Å². The van der Waals surface area contributed by atoms with Crippen LogP contribution in [0, 0.1) is 0 Å². The molecule has 124 heavy (non-hydrogen) atoms. The zero-order valence-corrected chi connectivity index (χ0v) is 75.0. The number of rotatable bonds is 14. The van der Waals surface area contributed by atoms with Crippen molar-refractivity contribution < 1.29 is 44.7 Å². The van der Waals surface area contributed by atoms with E-state index < -0.39 is 47.9 Å². The first-order valence-corrected chi connectivity index (χ1v) is 51.9. The van der Waals surface area contributed by atoms with Crippen molar-refractivity contribution in [2.24, 2.45) is 5.14 Å². The molecule has 3 saturated heterocycles. The van der Waals surface area contributed by atoms with Crippen molar-refractivity contribution in [1.29, 1.82) is 0 Å². The van der Waals surface area contributed by atoms with Gasteiger partial charge in [-0.05, 0) is 223 Å². The van der Waals surface area contributed by atoms with Crippen LogP contribution in [0.15, 0.2) is 128 Å². The second-order valence-corrected chi connectivity index (χ2v) is 42.4. The molecule has 22 nitrogen and oxygen atoms in total. The zero-order valence-electron chi connectivity index (χ0n) is 72.5. The topological polar surface area (TPSA) is 263 Å². The lowest BCUT2D eigenvalue weighted by Gasteiger charge is -2.26. The van der Waals surface area contributed by atoms with E-state index in [1.807, 2.05) is 24.3 Å². The second-order valence-electron chi connectivity index (χ2n) is 37.2. The summed E-state index contributed by atoms with van der Waals surface area (Å²) in [4.78, 5) is 45.5. The Kier molecular flexibility index (Phi) is 24.9. The van der Waals surface area contributed by atoms with Crippen molar-refractivity contribution in [3.63, 3.8) is 0 Å². The number of nitrogens with zero attached hydrogens (tertiary/aromatic N) is 9. The highest BCUT2D eigenvalue weighted by atomic mass is 32.2. The van der Waals surface area contributed by atoms with Gasteiger partial charge in [-0.2, -0.15) is 0 Å². The quantitative estimate of drug-likeness (QED) is 0.0790. The van der Waals surface area contributed by atoms with Crippen LogP contribution in [0.4, 0.5) is 0 Å². The van der Waals surface area contributed by atoms with Gasteiger partial charge in [0.15, 0.2) is 0 Å². The summed E-state index contributed by atoms with van der Waals surface area (Å²) in [5, 5.41) is 21.9. The summed E-state index contributed by atoms with van der Waals surface area (Å²) < 4.78 is 85.3. The molecule has 0 unspecified atom stereocenters. The summed E-state index contributed by atoms with van der Waals surface area (Å²) in [5.74, 6) is -0.509. The molecule has 12 heterocycles. The van der Waals surface area contributed by atoms with Crippen molar-refractivity contribution in [3.8, 4) is 33.8 Å². The Morgan fingerprint density at radius 3 is 0.903 bits per heavy atom. The normalized spacial score (nSPS) is 18.6. The number of likely N-dealkylation sites (tertiary alicyclic amines) is 3. The molecule has 0 bridgehead atoms. The van der Waals surface area contributed by atoms with E-state index in [2.05, 4.69) is 148 Å². The molecule has 0 atom stereocenters. The highest BCUT2D eigenvalue weighted by Gasteiger charge is 2.36. The number of carboxylic acids is 1. The lowest BCUT2D eigenvalue weighted by atomic mass is 9.81. The summed E-state index contributed by atoms with van der Waals surface area (Å²) in [5.41, 5.74) is 24.8. The molecule has 6 aromatic carbocycles. The summed E-state index contributed by atoms with van der Waals surface area (Å²) >= 11 is 0. The first-order valence-electron chi connectivity index (χ1n) is 46.2. The molecule has 0 radical (unpaired) electrons. The number of carboxylic acid groups (broad SMARTS) is 1. The molecule has 6 aromatic heterocycles. The Hall–Kier alpha value is -9.34. The maximum absolute atomic E-state index is 12.9. The van der Waals surface area contributed by atoms with Crippen LogP contribution in [0.25, 0.3) is 99.2 Å². The number of carbonyl (C=O) groups is 3. The smallest absolute Gasteiger partial charge is 0.335 e. The minimum absolute atomic E-state index is 0.380. The summed E-state index contributed by atoms with van der Waals surface area (Å²) in [7, 11) is -10.5. The number of para-hydroxylation sites is 3. The van der Waals surface area contributed by atoms with E-state index in [-0.39, 0.29) is 0 Å². The fourth-order valence-electron chi connectivity index (χ4n) is 23.0. The largest absolute Gasteiger partial charge is 0.478 e. The van der Waals surface area contributed by atoms with Gasteiger partial charge in [-0.25, -0.2) is 44.6 Å². The van der Waals surface area contributed by atoms with E-state index in [1.165, 1.54) is 309 Å². The number of aromatic nitrogens is 6. The SMILES string of the molecule is CS(=O)(=O)NC(=O)c1ccc2c(C3CCCCC3)c3n(c2c1)CCCn1cc(CN2CCCCC2)c2cccc-3c21.CS(=O)(=O)NC(=O)c1ccc2c(C3CCCCC3)c3n(c2c1)CCCn1cc(CN2CCCCC2)c2cccc-3c21.CS(N)(=O)=O.O=C(O)c1ccc2c(C3CCCCC3)c3n(c2c1)CCCn1cc(CN2CCCCC2)c2cccc-3c21. The molecule has 9 aliphatic rings. The van der Waals surface area contributed by atoms with Crippen molar-refractivity contribution >= 4 is 113 Å². The number of piperidine rings is 3. The highest BCUT2D eigenvalue weighted by Crippen LogP contribution is 2.52. The number of nitrogens with two attached hydrogens (primary N) is 1. The minimum atomic E-state index is -3.65. The third-order valence-electron chi connectivity index (χ3n) is 28.3. The summed E-state index contributed by atoms with van der Waals surface area (Å²) in [6.07, 6.45) is 43.7. The molecule has 5 N–H and O–H groups in total. The number of nitrogens with one attached hydrogen (secondary N) is 2. The molecular weight excluding hydrogens is 1610 g/mol. The third-order valence-corrected chi connectivity index (χ3v) is 29.4. The Balaban J connectivity index is 0.000000123. The maximum Gasteiger partial charge on any atom is 0.335 e. The van der Waals surface area contributed by atoms with E-state index >= 15 is 0 Å².